The Hall–Kier alpha value is -1.44. The highest BCUT2D eigenvalue weighted by molar-refractivity contribution is 5.56. The Morgan fingerprint density at radius 1 is 1.28 bits per heavy atom. The van der Waals surface area contributed by atoms with E-state index in [2.05, 4.69) is 49.0 Å². The first-order chi connectivity index (χ1) is 8.70. The third-order valence-corrected chi connectivity index (χ3v) is 5.49. The second-order valence-electron chi connectivity index (χ2n) is 6.21. The predicted molar refractivity (Wildman–Crippen MR) is 73.5 cm³/mol. The molecule has 18 heavy (non-hydrogen) atoms. The van der Waals surface area contributed by atoms with Crippen molar-refractivity contribution in [3.8, 4) is 0 Å². The third-order valence-electron chi connectivity index (χ3n) is 5.49. The zero-order chi connectivity index (χ0) is 12.3. The molecule has 2 aliphatic carbocycles. The standard InChI is InChI=1S/C16H20N2/c1-10-15-9-12-11-5-7-17-8-6-16(10,2)13(11)3-4-14(12)18-15/h5-8,10,15,17-18H,3-4,9H2,1-2H3/b7-5-,8-6-. The van der Waals surface area contributed by atoms with Crippen LogP contribution in [0, 0.1) is 11.3 Å². The van der Waals surface area contributed by atoms with Gasteiger partial charge in [-0.1, -0.05) is 25.5 Å². The zero-order valence-electron chi connectivity index (χ0n) is 11.1. The highest BCUT2D eigenvalue weighted by Gasteiger charge is 2.47. The Morgan fingerprint density at radius 2 is 2.17 bits per heavy atom. The lowest BCUT2D eigenvalue weighted by atomic mass is 9.66. The number of fused-ring (bicyclic) bond motifs is 1. The molecular weight excluding hydrogens is 220 g/mol. The summed E-state index contributed by atoms with van der Waals surface area (Å²) < 4.78 is 0. The van der Waals surface area contributed by atoms with Crippen LogP contribution in [0.2, 0.25) is 0 Å². The summed E-state index contributed by atoms with van der Waals surface area (Å²) in [5.74, 6) is 0.641. The molecule has 2 heteroatoms. The van der Waals surface area contributed by atoms with Gasteiger partial charge in [-0.3, -0.25) is 0 Å². The van der Waals surface area contributed by atoms with E-state index in [4.69, 9.17) is 0 Å². The molecule has 2 aliphatic heterocycles. The van der Waals surface area contributed by atoms with Gasteiger partial charge in [-0.05, 0) is 48.6 Å². The van der Waals surface area contributed by atoms with Gasteiger partial charge in [0.25, 0.3) is 0 Å². The van der Waals surface area contributed by atoms with E-state index in [1.807, 2.05) is 0 Å². The van der Waals surface area contributed by atoms with Crippen LogP contribution in [0.5, 0.6) is 0 Å². The van der Waals surface area contributed by atoms with Crippen molar-refractivity contribution >= 4 is 0 Å². The minimum absolute atomic E-state index is 0.193. The molecule has 5 bridgehead atoms. The van der Waals surface area contributed by atoms with E-state index in [9.17, 15) is 0 Å². The molecule has 0 amide bonds. The minimum atomic E-state index is 0.193. The number of hydrogen-bond donors (Lipinski definition) is 2. The summed E-state index contributed by atoms with van der Waals surface area (Å²) in [4.78, 5) is 0. The Balaban J connectivity index is 2.03. The van der Waals surface area contributed by atoms with E-state index in [0.29, 0.717) is 12.0 Å². The van der Waals surface area contributed by atoms with Crippen molar-refractivity contribution in [3.05, 3.63) is 47.0 Å². The van der Waals surface area contributed by atoms with Crippen LogP contribution >= 0.6 is 0 Å². The Kier molecular flexibility index (Phi) is 1.93. The summed E-state index contributed by atoms with van der Waals surface area (Å²) in [6.07, 6.45) is 12.5. The molecule has 4 rings (SSSR count). The van der Waals surface area contributed by atoms with Crippen molar-refractivity contribution in [1.82, 2.24) is 10.6 Å². The van der Waals surface area contributed by atoms with Crippen LogP contribution in [0.25, 0.3) is 0 Å². The molecule has 0 radical (unpaired) electrons. The summed E-state index contributed by atoms with van der Waals surface area (Å²) in [5, 5.41) is 7.06. The summed E-state index contributed by atoms with van der Waals surface area (Å²) >= 11 is 0. The van der Waals surface area contributed by atoms with Crippen LogP contribution in [-0.4, -0.2) is 6.04 Å². The maximum Gasteiger partial charge on any atom is 0.0336 e. The van der Waals surface area contributed by atoms with Gasteiger partial charge in [0, 0.05) is 23.4 Å². The smallest absolute Gasteiger partial charge is 0.0336 e. The lowest BCUT2D eigenvalue weighted by molar-refractivity contribution is 0.251. The molecule has 0 fully saturated rings. The van der Waals surface area contributed by atoms with Gasteiger partial charge in [0.05, 0.1) is 0 Å². The molecule has 2 N–H and O–H groups in total. The fourth-order valence-corrected chi connectivity index (χ4v) is 4.18. The highest BCUT2D eigenvalue weighted by atomic mass is 15.0. The van der Waals surface area contributed by atoms with Gasteiger partial charge < -0.3 is 10.6 Å². The summed E-state index contributed by atoms with van der Waals surface area (Å²) in [5.41, 5.74) is 6.46. The molecule has 0 saturated carbocycles. The van der Waals surface area contributed by atoms with Gasteiger partial charge in [0.15, 0.2) is 0 Å². The van der Waals surface area contributed by atoms with Crippen molar-refractivity contribution in [2.45, 2.75) is 39.2 Å². The quantitative estimate of drug-likeness (QED) is 0.680. The molecule has 2 nitrogen and oxygen atoms in total. The molecule has 0 aromatic rings. The summed E-state index contributed by atoms with van der Waals surface area (Å²) in [7, 11) is 0. The number of nitrogens with one attached hydrogen (secondary N) is 2. The Morgan fingerprint density at radius 3 is 3.06 bits per heavy atom. The molecule has 0 spiro atoms. The van der Waals surface area contributed by atoms with Crippen molar-refractivity contribution < 1.29 is 0 Å². The van der Waals surface area contributed by atoms with E-state index in [0.717, 1.165) is 0 Å². The van der Waals surface area contributed by atoms with E-state index in [-0.39, 0.29) is 5.41 Å². The molecule has 2 heterocycles. The van der Waals surface area contributed by atoms with Crippen LogP contribution in [0.3, 0.4) is 0 Å². The van der Waals surface area contributed by atoms with Crippen molar-refractivity contribution in [1.29, 1.82) is 0 Å². The van der Waals surface area contributed by atoms with Crippen LogP contribution in [-0.2, 0) is 0 Å². The highest BCUT2D eigenvalue weighted by Crippen LogP contribution is 2.54. The van der Waals surface area contributed by atoms with Crippen LogP contribution < -0.4 is 10.6 Å². The lowest BCUT2D eigenvalue weighted by Crippen LogP contribution is -2.42. The average molecular weight is 240 g/mol. The molecule has 0 saturated heterocycles. The molecule has 4 aliphatic rings. The topological polar surface area (TPSA) is 24.1 Å². The van der Waals surface area contributed by atoms with E-state index in [1.165, 1.54) is 30.5 Å². The molecule has 0 aromatic carbocycles. The summed E-state index contributed by atoms with van der Waals surface area (Å²) in [6.45, 7) is 4.82. The molecular formula is C16H20N2. The van der Waals surface area contributed by atoms with Crippen molar-refractivity contribution in [3.63, 3.8) is 0 Å². The maximum absolute atomic E-state index is 3.79. The first-order valence-corrected chi connectivity index (χ1v) is 7.03. The first-order valence-electron chi connectivity index (χ1n) is 7.03. The van der Waals surface area contributed by atoms with Gasteiger partial charge in [-0.15, -0.1) is 0 Å². The van der Waals surface area contributed by atoms with Gasteiger partial charge in [0.1, 0.15) is 0 Å². The molecule has 94 valence electrons. The van der Waals surface area contributed by atoms with E-state index in [1.54, 1.807) is 11.1 Å². The van der Waals surface area contributed by atoms with Crippen LogP contribution in [0.4, 0.5) is 0 Å². The fourth-order valence-electron chi connectivity index (χ4n) is 4.18. The van der Waals surface area contributed by atoms with Gasteiger partial charge in [-0.25, -0.2) is 0 Å². The maximum atomic E-state index is 3.79. The third kappa shape index (κ3) is 1.14. The number of hydrogen-bond acceptors (Lipinski definition) is 2. The first kappa shape index (κ1) is 10.5. The normalized spacial score (nSPS) is 43.9. The molecule has 3 atom stereocenters. The van der Waals surface area contributed by atoms with Gasteiger partial charge >= 0.3 is 0 Å². The van der Waals surface area contributed by atoms with E-state index < -0.39 is 0 Å². The Labute approximate surface area is 109 Å². The predicted octanol–water partition coefficient (Wildman–Crippen LogP) is 2.98. The zero-order valence-corrected chi connectivity index (χ0v) is 11.1. The van der Waals surface area contributed by atoms with Crippen LogP contribution in [0.15, 0.2) is 47.0 Å². The largest absolute Gasteiger partial charge is 0.385 e. The van der Waals surface area contributed by atoms with Gasteiger partial charge in [-0.2, -0.15) is 0 Å². The minimum Gasteiger partial charge on any atom is -0.385 e. The number of allylic oxidation sites excluding steroid dienone is 5. The van der Waals surface area contributed by atoms with Crippen molar-refractivity contribution in [2.24, 2.45) is 11.3 Å². The summed E-state index contributed by atoms with van der Waals surface area (Å²) in [6, 6.07) is 0.615. The van der Waals surface area contributed by atoms with Crippen LogP contribution in [0.1, 0.15) is 33.1 Å². The Bertz CT molecular complexity index is 535. The fraction of sp³-hybridized carbons (Fsp3) is 0.500. The van der Waals surface area contributed by atoms with E-state index >= 15 is 0 Å². The van der Waals surface area contributed by atoms with Crippen molar-refractivity contribution in [2.75, 3.05) is 0 Å². The molecule has 3 unspecified atom stereocenters. The van der Waals surface area contributed by atoms with Gasteiger partial charge in [0.2, 0.25) is 0 Å². The average Bonchev–Trinajstić information content (AvgIpc) is 2.75. The number of rotatable bonds is 0. The SMILES string of the molecule is CC1C2CC3=C(CCC4=C3/C=C\N/C=C\C41C)N2. The molecule has 0 aromatic heterocycles. The second-order valence-corrected chi connectivity index (χ2v) is 6.21. The monoisotopic (exact) mass is 240 g/mol. The lowest BCUT2D eigenvalue weighted by Gasteiger charge is -2.42. The second kappa shape index (κ2) is 3.31.